The zero-order valence-corrected chi connectivity index (χ0v) is 12.4. The van der Waals surface area contributed by atoms with E-state index in [2.05, 4.69) is 43.3 Å². The molecule has 0 heteroatoms. The standard InChI is InChI=1S/C20H25/c1-2-3-4-9-17-14-15-19(16-10-5-6-11-16)20-13-8-7-12-18(17)20/h7-8,12-16H,1-6,9-11H2. The van der Waals surface area contributed by atoms with Crippen molar-refractivity contribution in [2.75, 3.05) is 0 Å². The van der Waals surface area contributed by atoms with Gasteiger partial charge < -0.3 is 0 Å². The molecule has 1 aliphatic carbocycles. The Morgan fingerprint density at radius 3 is 2.40 bits per heavy atom. The molecule has 0 saturated heterocycles. The third-order valence-electron chi connectivity index (χ3n) is 4.79. The van der Waals surface area contributed by atoms with Gasteiger partial charge in [-0.3, -0.25) is 0 Å². The van der Waals surface area contributed by atoms with E-state index >= 15 is 0 Å². The summed E-state index contributed by atoms with van der Waals surface area (Å²) < 4.78 is 0. The van der Waals surface area contributed by atoms with Gasteiger partial charge in [-0.25, -0.2) is 0 Å². The quantitative estimate of drug-likeness (QED) is 0.578. The molecule has 2 aromatic rings. The molecule has 1 fully saturated rings. The summed E-state index contributed by atoms with van der Waals surface area (Å²) in [6, 6.07) is 13.8. The molecule has 0 heterocycles. The van der Waals surface area contributed by atoms with Gasteiger partial charge in [-0.05, 0) is 53.5 Å². The van der Waals surface area contributed by atoms with E-state index in [0.717, 1.165) is 12.3 Å². The first kappa shape index (κ1) is 13.7. The SMILES string of the molecule is [CH2]CCCCc1ccc(C2CCCC2)c2ccccc12. The molecule has 0 amide bonds. The van der Waals surface area contributed by atoms with Crippen LogP contribution in [0.2, 0.25) is 0 Å². The van der Waals surface area contributed by atoms with E-state index in [1.54, 1.807) is 5.56 Å². The monoisotopic (exact) mass is 265 g/mol. The molecular formula is C20H25. The molecule has 1 aliphatic rings. The molecule has 0 atom stereocenters. The van der Waals surface area contributed by atoms with Crippen LogP contribution in [0.3, 0.4) is 0 Å². The third-order valence-corrected chi connectivity index (χ3v) is 4.79. The highest BCUT2D eigenvalue weighted by Crippen LogP contribution is 2.38. The number of fused-ring (bicyclic) bond motifs is 1. The van der Waals surface area contributed by atoms with E-state index in [4.69, 9.17) is 0 Å². The van der Waals surface area contributed by atoms with Crippen LogP contribution in [0.1, 0.15) is 62.0 Å². The van der Waals surface area contributed by atoms with Gasteiger partial charge in [0.05, 0.1) is 0 Å². The van der Waals surface area contributed by atoms with Crippen molar-refractivity contribution in [1.82, 2.24) is 0 Å². The predicted octanol–water partition coefficient (Wildman–Crippen LogP) is 6.04. The molecule has 3 rings (SSSR count). The van der Waals surface area contributed by atoms with Gasteiger partial charge >= 0.3 is 0 Å². The Morgan fingerprint density at radius 1 is 0.900 bits per heavy atom. The lowest BCUT2D eigenvalue weighted by molar-refractivity contribution is 0.727. The average molecular weight is 265 g/mol. The first-order valence-electron chi connectivity index (χ1n) is 8.20. The zero-order valence-electron chi connectivity index (χ0n) is 12.4. The molecule has 0 unspecified atom stereocenters. The summed E-state index contributed by atoms with van der Waals surface area (Å²) in [5.74, 6) is 0.800. The first-order chi connectivity index (χ1) is 9.90. The number of hydrogen-bond donors (Lipinski definition) is 0. The number of hydrogen-bond acceptors (Lipinski definition) is 0. The van der Waals surface area contributed by atoms with E-state index in [0.29, 0.717) is 0 Å². The van der Waals surface area contributed by atoms with Crippen LogP contribution in [0.15, 0.2) is 36.4 Å². The zero-order chi connectivity index (χ0) is 13.8. The van der Waals surface area contributed by atoms with Crippen LogP contribution in [0.25, 0.3) is 10.8 Å². The summed E-state index contributed by atoms with van der Waals surface area (Å²) in [7, 11) is 0. The molecule has 0 aromatic heterocycles. The summed E-state index contributed by atoms with van der Waals surface area (Å²) in [4.78, 5) is 0. The van der Waals surface area contributed by atoms with Crippen molar-refractivity contribution in [1.29, 1.82) is 0 Å². The van der Waals surface area contributed by atoms with E-state index in [9.17, 15) is 0 Å². The maximum Gasteiger partial charge on any atom is -0.0146 e. The van der Waals surface area contributed by atoms with Crippen LogP contribution >= 0.6 is 0 Å². The normalized spacial score (nSPS) is 16.1. The Labute approximate surface area is 123 Å². The highest BCUT2D eigenvalue weighted by Gasteiger charge is 2.19. The van der Waals surface area contributed by atoms with Gasteiger partial charge in [0.2, 0.25) is 0 Å². The Bertz CT molecular complexity index is 561. The minimum atomic E-state index is 0.800. The molecular weight excluding hydrogens is 240 g/mol. The summed E-state index contributed by atoms with van der Waals surface area (Å²) in [5.41, 5.74) is 3.12. The van der Waals surface area contributed by atoms with Crippen LogP contribution in [-0.2, 0) is 6.42 Å². The lowest BCUT2D eigenvalue weighted by Crippen LogP contribution is -1.96. The van der Waals surface area contributed by atoms with Crippen molar-refractivity contribution in [2.24, 2.45) is 0 Å². The van der Waals surface area contributed by atoms with Gasteiger partial charge in [0.1, 0.15) is 0 Å². The Morgan fingerprint density at radius 2 is 1.65 bits per heavy atom. The van der Waals surface area contributed by atoms with Crippen molar-refractivity contribution in [3.63, 3.8) is 0 Å². The molecule has 0 bridgehead atoms. The summed E-state index contributed by atoms with van der Waals surface area (Å²) in [6.45, 7) is 3.95. The van der Waals surface area contributed by atoms with Crippen LogP contribution < -0.4 is 0 Å². The van der Waals surface area contributed by atoms with Gasteiger partial charge in [0, 0.05) is 0 Å². The van der Waals surface area contributed by atoms with Gasteiger partial charge in [-0.2, -0.15) is 0 Å². The van der Waals surface area contributed by atoms with Gasteiger partial charge in [0.25, 0.3) is 0 Å². The van der Waals surface area contributed by atoms with E-state index in [1.807, 2.05) is 0 Å². The summed E-state index contributed by atoms with van der Waals surface area (Å²) in [6.07, 6.45) is 10.3. The average Bonchev–Trinajstić information content (AvgIpc) is 3.01. The fraction of sp³-hybridized carbons (Fsp3) is 0.450. The third kappa shape index (κ3) is 2.75. The molecule has 1 saturated carbocycles. The molecule has 0 nitrogen and oxygen atoms in total. The topological polar surface area (TPSA) is 0 Å². The second-order valence-electron chi connectivity index (χ2n) is 6.15. The van der Waals surface area contributed by atoms with E-state index < -0.39 is 0 Å². The summed E-state index contributed by atoms with van der Waals surface area (Å²) in [5, 5.41) is 2.99. The molecule has 105 valence electrons. The second-order valence-corrected chi connectivity index (χ2v) is 6.15. The Kier molecular flexibility index (Phi) is 4.40. The molecule has 0 aliphatic heterocycles. The fourth-order valence-electron chi connectivity index (χ4n) is 3.69. The van der Waals surface area contributed by atoms with Crippen LogP contribution in [-0.4, -0.2) is 0 Å². The minimum absolute atomic E-state index is 0.800. The van der Waals surface area contributed by atoms with Crippen molar-refractivity contribution < 1.29 is 0 Å². The lowest BCUT2D eigenvalue weighted by atomic mass is 9.89. The minimum Gasteiger partial charge on any atom is -0.0616 e. The predicted molar refractivity (Wildman–Crippen MR) is 88.1 cm³/mol. The van der Waals surface area contributed by atoms with Crippen LogP contribution in [0.5, 0.6) is 0 Å². The van der Waals surface area contributed by atoms with Crippen molar-refractivity contribution in [3.8, 4) is 0 Å². The Hall–Kier alpha value is -1.30. The van der Waals surface area contributed by atoms with Gasteiger partial charge in [-0.1, -0.05) is 69.0 Å². The summed E-state index contributed by atoms with van der Waals surface area (Å²) >= 11 is 0. The maximum absolute atomic E-state index is 3.95. The number of rotatable bonds is 5. The number of aryl methyl sites for hydroxylation is 1. The van der Waals surface area contributed by atoms with E-state index in [1.165, 1.54) is 61.3 Å². The second kappa shape index (κ2) is 6.43. The van der Waals surface area contributed by atoms with Crippen LogP contribution in [0.4, 0.5) is 0 Å². The largest absolute Gasteiger partial charge is 0.0616 e. The van der Waals surface area contributed by atoms with Gasteiger partial charge in [-0.15, -0.1) is 0 Å². The molecule has 0 N–H and O–H groups in total. The van der Waals surface area contributed by atoms with Crippen molar-refractivity contribution in [2.45, 2.75) is 57.3 Å². The Balaban J connectivity index is 1.96. The van der Waals surface area contributed by atoms with Crippen molar-refractivity contribution in [3.05, 3.63) is 54.4 Å². The van der Waals surface area contributed by atoms with Crippen molar-refractivity contribution >= 4 is 10.8 Å². The van der Waals surface area contributed by atoms with Crippen LogP contribution in [0, 0.1) is 6.92 Å². The highest BCUT2D eigenvalue weighted by molar-refractivity contribution is 5.89. The molecule has 20 heavy (non-hydrogen) atoms. The van der Waals surface area contributed by atoms with Gasteiger partial charge in [0.15, 0.2) is 0 Å². The lowest BCUT2D eigenvalue weighted by Gasteiger charge is -2.16. The first-order valence-corrected chi connectivity index (χ1v) is 8.20. The highest BCUT2D eigenvalue weighted by atomic mass is 14.2. The maximum atomic E-state index is 3.95. The van der Waals surface area contributed by atoms with E-state index in [-0.39, 0.29) is 0 Å². The number of unbranched alkanes of at least 4 members (excludes halogenated alkanes) is 2. The molecule has 0 spiro atoms. The smallest absolute Gasteiger partial charge is 0.0146 e. The number of benzene rings is 2. The fourth-order valence-corrected chi connectivity index (χ4v) is 3.69. The molecule has 2 aromatic carbocycles. The molecule has 1 radical (unpaired) electrons.